The van der Waals surface area contributed by atoms with E-state index in [-0.39, 0.29) is 0 Å². The largest absolute Gasteiger partial charge is 0.465 e. The molecule has 120 valence electrons. The van der Waals surface area contributed by atoms with Crippen LogP contribution in [0.5, 0.6) is 0 Å². The third-order valence-corrected chi connectivity index (χ3v) is 4.53. The SMILES string of the molecule is CCCNCc1cc(CN(C)CC2CCCCC2)c(C)o1. The molecule has 0 amide bonds. The maximum atomic E-state index is 5.86. The summed E-state index contributed by atoms with van der Waals surface area (Å²) in [6, 6.07) is 2.23. The predicted octanol–water partition coefficient (Wildman–Crippen LogP) is 4.10. The summed E-state index contributed by atoms with van der Waals surface area (Å²) in [6.45, 7) is 8.42. The fourth-order valence-electron chi connectivity index (χ4n) is 3.39. The Morgan fingerprint density at radius 2 is 2.05 bits per heavy atom. The molecule has 1 fully saturated rings. The summed E-state index contributed by atoms with van der Waals surface area (Å²) in [5.74, 6) is 3.06. The minimum absolute atomic E-state index is 0.848. The molecule has 1 aliphatic rings. The van der Waals surface area contributed by atoms with Crippen LogP contribution in [0.15, 0.2) is 10.5 Å². The molecule has 0 atom stereocenters. The van der Waals surface area contributed by atoms with Gasteiger partial charge < -0.3 is 14.6 Å². The molecule has 0 bridgehead atoms. The van der Waals surface area contributed by atoms with Gasteiger partial charge >= 0.3 is 0 Å². The van der Waals surface area contributed by atoms with Crippen molar-refractivity contribution < 1.29 is 4.42 Å². The normalized spacial score (nSPS) is 16.8. The van der Waals surface area contributed by atoms with Crippen molar-refractivity contribution >= 4 is 0 Å². The van der Waals surface area contributed by atoms with E-state index in [1.807, 2.05) is 0 Å². The van der Waals surface area contributed by atoms with E-state index in [1.165, 1.54) is 44.2 Å². The first-order valence-electron chi connectivity index (χ1n) is 8.66. The van der Waals surface area contributed by atoms with Gasteiger partial charge in [-0.15, -0.1) is 0 Å². The number of furan rings is 1. The lowest BCUT2D eigenvalue weighted by Crippen LogP contribution is -2.26. The molecule has 1 N–H and O–H groups in total. The molecule has 1 aliphatic carbocycles. The standard InChI is InChI=1S/C18H32N2O/c1-4-10-19-12-18-11-17(15(2)21-18)14-20(3)13-16-8-6-5-7-9-16/h11,16,19H,4-10,12-14H2,1-3H3. The highest BCUT2D eigenvalue weighted by Gasteiger charge is 2.16. The molecule has 1 saturated carbocycles. The van der Waals surface area contributed by atoms with E-state index in [1.54, 1.807) is 0 Å². The van der Waals surface area contributed by atoms with Gasteiger partial charge in [0, 0.05) is 18.7 Å². The monoisotopic (exact) mass is 292 g/mol. The molecule has 0 aliphatic heterocycles. The molecule has 1 aromatic heterocycles. The highest BCUT2D eigenvalue weighted by molar-refractivity contribution is 5.20. The van der Waals surface area contributed by atoms with Gasteiger partial charge in [-0.3, -0.25) is 0 Å². The average molecular weight is 292 g/mol. The van der Waals surface area contributed by atoms with Crippen molar-refractivity contribution in [3.05, 3.63) is 23.2 Å². The molecule has 2 rings (SSSR count). The molecule has 0 saturated heterocycles. The van der Waals surface area contributed by atoms with Crippen LogP contribution < -0.4 is 5.32 Å². The Hall–Kier alpha value is -0.800. The van der Waals surface area contributed by atoms with E-state index in [0.717, 1.165) is 43.5 Å². The lowest BCUT2D eigenvalue weighted by molar-refractivity contribution is 0.227. The van der Waals surface area contributed by atoms with Crippen molar-refractivity contribution in [2.24, 2.45) is 5.92 Å². The van der Waals surface area contributed by atoms with Gasteiger partial charge in [-0.25, -0.2) is 0 Å². The number of hydrogen-bond acceptors (Lipinski definition) is 3. The number of aryl methyl sites for hydroxylation is 1. The second-order valence-electron chi connectivity index (χ2n) is 6.67. The molecule has 0 aromatic carbocycles. The summed E-state index contributed by atoms with van der Waals surface area (Å²) in [5, 5.41) is 3.40. The fourth-order valence-corrected chi connectivity index (χ4v) is 3.39. The second-order valence-corrected chi connectivity index (χ2v) is 6.67. The zero-order valence-electron chi connectivity index (χ0n) is 14.1. The van der Waals surface area contributed by atoms with Gasteiger partial charge in [0.1, 0.15) is 11.5 Å². The average Bonchev–Trinajstić information content (AvgIpc) is 2.80. The molecule has 1 aromatic rings. The zero-order valence-corrected chi connectivity index (χ0v) is 14.1. The molecular formula is C18H32N2O. The Labute approximate surface area is 130 Å². The van der Waals surface area contributed by atoms with Crippen molar-refractivity contribution in [1.82, 2.24) is 10.2 Å². The lowest BCUT2D eigenvalue weighted by atomic mass is 9.89. The van der Waals surface area contributed by atoms with E-state index >= 15 is 0 Å². The van der Waals surface area contributed by atoms with E-state index in [0.29, 0.717) is 0 Å². The van der Waals surface area contributed by atoms with Crippen LogP contribution >= 0.6 is 0 Å². The van der Waals surface area contributed by atoms with Gasteiger partial charge in [-0.1, -0.05) is 26.2 Å². The summed E-state index contributed by atoms with van der Waals surface area (Å²) < 4.78 is 5.86. The Morgan fingerprint density at radius 1 is 1.29 bits per heavy atom. The van der Waals surface area contributed by atoms with Crippen LogP contribution in [0.1, 0.15) is 62.5 Å². The van der Waals surface area contributed by atoms with Gasteiger partial charge in [0.25, 0.3) is 0 Å². The van der Waals surface area contributed by atoms with Crippen LogP contribution in [0.4, 0.5) is 0 Å². The fraction of sp³-hybridized carbons (Fsp3) is 0.778. The van der Waals surface area contributed by atoms with Crippen molar-refractivity contribution in [3.8, 4) is 0 Å². The van der Waals surface area contributed by atoms with E-state index < -0.39 is 0 Å². The lowest BCUT2D eigenvalue weighted by Gasteiger charge is -2.26. The topological polar surface area (TPSA) is 28.4 Å². The van der Waals surface area contributed by atoms with Crippen LogP contribution in [-0.4, -0.2) is 25.0 Å². The number of rotatable bonds is 8. The number of nitrogens with one attached hydrogen (secondary N) is 1. The molecule has 0 unspecified atom stereocenters. The van der Waals surface area contributed by atoms with Crippen molar-refractivity contribution in [2.45, 2.75) is 65.5 Å². The Bertz CT molecular complexity index is 407. The van der Waals surface area contributed by atoms with Gasteiger partial charge in [0.2, 0.25) is 0 Å². The van der Waals surface area contributed by atoms with E-state index in [9.17, 15) is 0 Å². The van der Waals surface area contributed by atoms with Crippen LogP contribution in [0.3, 0.4) is 0 Å². The summed E-state index contributed by atoms with van der Waals surface area (Å²) in [4.78, 5) is 2.47. The summed E-state index contributed by atoms with van der Waals surface area (Å²) in [5.41, 5.74) is 1.35. The first kappa shape index (κ1) is 16.6. The van der Waals surface area contributed by atoms with Crippen molar-refractivity contribution in [3.63, 3.8) is 0 Å². The summed E-state index contributed by atoms with van der Waals surface area (Å²) in [7, 11) is 2.25. The second kappa shape index (κ2) is 8.60. The smallest absolute Gasteiger partial charge is 0.118 e. The first-order valence-corrected chi connectivity index (χ1v) is 8.66. The highest BCUT2D eigenvalue weighted by atomic mass is 16.3. The minimum atomic E-state index is 0.848. The third kappa shape index (κ3) is 5.48. The molecule has 3 heteroatoms. The van der Waals surface area contributed by atoms with Crippen molar-refractivity contribution in [2.75, 3.05) is 20.1 Å². The number of hydrogen-bond donors (Lipinski definition) is 1. The van der Waals surface area contributed by atoms with Gasteiger partial charge in [0.05, 0.1) is 6.54 Å². The Kier molecular flexibility index (Phi) is 6.78. The van der Waals surface area contributed by atoms with Gasteiger partial charge in [0.15, 0.2) is 0 Å². The third-order valence-electron chi connectivity index (χ3n) is 4.53. The molecule has 21 heavy (non-hydrogen) atoms. The molecule has 1 heterocycles. The number of nitrogens with zero attached hydrogens (tertiary/aromatic N) is 1. The van der Waals surface area contributed by atoms with E-state index in [4.69, 9.17) is 4.42 Å². The molecule has 3 nitrogen and oxygen atoms in total. The molecule has 0 spiro atoms. The van der Waals surface area contributed by atoms with Crippen LogP contribution in [-0.2, 0) is 13.1 Å². The van der Waals surface area contributed by atoms with Crippen LogP contribution in [0, 0.1) is 12.8 Å². The minimum Gasteiger partial charge on any atom is -0.465 e. The first-order chi connectivity index (χ1) is 10.2. The van der Waals surface area contributed by atoms with Gasteiger partial charge in [-0.05, 0) is 51.8 Å². The van der Waals surface area contributed by atoms with E-state index in [2.05, 4.69) is 37.2 Å². The summed E-state index contributed by atoms with van der Waals surface area (Å²) >= 11 is 0. The predicted molar refractivity (Wildman–Crippen MR) is 88.4 cm³/mol. The zero-order chi connectivity index (χ0) is 15.1. The molecule has 0 radical (unpaired) electrons. The highest BCUT2D eigenvalue weighted by Crippen LogP contribution is 2.25. The van der Waals surface area contributed by atoms with Crippen LogP contribution in [0.25, 0.3) is 0 Å². The van der Waals surface area contributed by atoms with Crippen LogP contribution in [0.2, 0.25) is 0 Å². The maximum absolute atomic E-state index is 5.86. The quantitative estimate of drug-likeness (QED) is 0.731. The Morgan fingerprint density at radius 3 is 2.76 bits per heavy atom. The molecular weight excluding hydrogens is 260 g/mol. The van der Waals surface area contributed by atoms with Gasteiger partial charge in [-0.2, -0.15) is 0 Å². The Balaban J connectivity index is 1.80. The van der Waals surface area contributed by atoms with Crippen molar-refractivity contribution in [1.29, 1.82) is 0 Å². The summed E-state index contributed by atoms with van der Waals surface area (Å²) in [6.07, 6.45) is 8.29. The maximum Gasteiger partial charge on any atom is 0.118 e.